The van der Waals surface area contributed by atoms with Crippen molar-refractivity contribution in [3.05, 3.63) is 0 Å². The van der Waals surface area contributed by atoms with Crippen LogP contribution in [-0.2, 0) is 14.4 Å². The zero-order valence-corrected chi connectivity index (χ0v) is 13.9. The summed E-state index contributed by atoms with van der Waals surface area (Å²) in [5, 5.41) is 16.0. The number of aliphatic carboxylic acids is 2. The number of aldehydes is 1. The van der Waals surface area contributed by atoms with Crippen molar-refractivity contribution in [2.24, 2.45) is 5.92 Å². The molecule has 0 heterocycles. The fourth-order valence-electron chi connectivity index (χ4n) is 1.06. The van der Waals surface area contributed by atoms with Crippen molar-refractivity contribution in [1.82, 2.24) is 0 Å². The lowest BCUT2D eigenvalue weighted by Crippen LogP contribution is -1.93. The topological polar surface area (TPSA) is 91.7 Å². The van der Waals surface area contributed by atoms with E-state index >= 15 is 0 Å². The average molecular weight is 304 g/mol. The fourth-order valence-corrected chi connectivity index (χ4v) is 1.06. The quantitative estimate of drug-likeness (QED) is 0.493. The lowest BCUT2D eigenvalue weighted by atomic mass is 10.1. The van der Waals surface area contributed by atoms with Crippen LogP contribution in [0.5, 0.6) is 0 Å². The van der Waals surface area contributed by atoms with Gasteiger partial charge in [-0.3, -0.25) is 9.59 Å². The van der Waals surface area contributed by atoms with E-state index < -0.39 is 11.9 Å². The predicted molar refractivity (Wildman–Crippen MR) is 84.5 cm³/mol. The van der Waals surface area contributed by atoms with Gasteiger partial charge in [0.2, 0.25) is 0 Å². The molecule has 5 nitrogen and oxygen atoms in total. The zero-order valence-electron chi connectivity index (χ0n) is 13.9. The van der Waals surface area contributed by atoms with E-state index in [0.29, 0.717) is 6.42 Å². The number of hydrogen-bond acceptors (Lipinski definition) is 3. The standard InChI is InChI=1S/C9H18O2.C4H8O.C3H6O2/c1-2-3-4-5-6-7-8-9(10)11;1-4(2)3-5;1-2-3(4)5/h2-8H2,1H3,(H,10,11);3-4H,1-2H3;2H2,1H3,(H,4,5). The van der Waals surface area contributed by atoms with E-state index in [1.54, 1.807) is 6.92 Å². The van der Waals surface area contributed by atoms with Crippen molar-refractivity contribution in [1.29, 1.82) is 0 Å². The Balaban J connectivity index is -0.000000270. The van der Waals surface area contributed by atoms with E-state index in [-0.39, 0.29) is 12.3 Å². The monoisotopic (exact) mass is 304 g/mol. The van der Waals surface area contributed by atoms with Gasteiger partial charge in [-0.15, -0.1) is 0 Å². The number of rotatable bonds is 9. The number of unbranched alkanes of at least 4 members (excludes halogenated alkanes) is 5. The summed E-state index contributed by atoms with van der Waals surface area (Å²) in [6.07, 6.45) is 8.39. The highest BCUT2D eigenvalue weighted by Gasteiger charge is 1.95. The van der Waals surface area contributed by atoms with Crippen LogP contribution >= 0.6 is 0 Å². The van der Waals surface area contributed by atoms with E-state index in [1.165, 1.54) is 25.7 Å². The Bertz CT molecular complexity index is 249. The van der Waals surface area contributed by atoms with Crippen LogP contribution in [0.1, 0.15) is 79.1 Å². The van der Waals surface area contributed by atoms with E-state index in [4.69, 9.17) is 10.2 Å². The molecule has 0 bridgehead atoms. The van der Waals surface area contributed by atoms with Crippen molar-refractivity contribution in [2.75, 3.05) is 0 Å². The molecular weight excluding hydrogens is 272 g/mol. The third-order valence-electron chi connectivity index (χ3n) is 2.32. The Hall–Kier alpha value is -1.39. The molecule has 0 aromatic heterocycles. The maximum atomic E-state index is 10.1. The first-order valence-electron chi connectivity index (χ1n) is 7.70. The minimum Gasteiger partial charge on any atom is -0.481 e. The Kier molecular flexibility index (Phi) is 24.5. The molecule has 0 atom stereocenters. The fraction of sp³-hybridized carbons (Fsp3) is 0.812. The van der Waals surface area contributed by atoms with Crippen LogP contribution in [0, 0.1) is 5.92 Å². The second kappa shape index (κ2) is 20.9. The van der Waals surface area contributed by atoms with Crippen LogP contribution < -0.4 is 0 Å². The van der Waals surface area contributed by atoms with Gasteiger partial charge < -0.3 is 15.0 Å². The van der Waals surface area contributed by atoms with Gasteiger partial charge in [-0.05, 0) is 6.42 Å². The molecule has 21 heavy (non-hydrogen) atoms. The van der Waals surface area contributed by atoms with Gasteiger partial charge in [-0.25, -0.2) is 0 Å². The summed E-state index contributed by atoms with van der Waals surface area (Å²) in [5.74, 6) is -1.21. The van der Waals surface area contributed by atoms with Crippen LogP contribution in [0.3, 0.4) is 0 Å². The van der Waals surface area contributed by atoms with Gasteiger partial charge in [0.05, 0.1) is 0 Å². The van der Waals surface area contributed by atoms with E-state index in [9.17, 15) is 14.4 Å². The molecular formula is C16H32O5. The third-order valence-corrected chi connectivity index (χ3v) is 2.32. The Labute approximate surface area is 128 Å². The maximum Gasteiger partial charge on any atom is 0.303 e. The van der Waals surface area contributed by atoms with Crippen molar-refractivity contribution < 1.29 is 24.6 Å². The first-order chi connectivity index (χ1) is 9.81. The second-order valence-electron chi connectivity index (χ2n) is 5.04. The van der Waals surface area contributed by atoms with Crippen LogP contribution in [0.4, 0.5) is 0 Å². The second-order valence-corrected chi connectivity index (χ2v) is 5.04. The number of carboxylic acid groups (broad SMARTS) is 2. The van der Waals surface area contributed by atoms with Gasteiger partial charge in [0, 0.05) is 18.8 Å². The smallest absolute Gasteiger partial charge is 0.303 e. The zero-order chi connectivity index (χ0) is 17.1. The predicted octanol–water partition coefficient (Wildman–Crippen LogP) is 4.14. The molecule has 0 radical (unpaired) electrons. The molecule has 0 aliphatic heterocycles. The molecule has 2 N–H and O–H groups in total. The van der Waals surface area contributed by atoms with Gasteiger partial charge in [0.25, 0.3) is 0 Å². The van der Waals surface area contributed by atoms with E-state index in [2.05, 4.69) is 6.92 Å². The molecule has 0 amide bonds. The van der Waals surface area contributed by atoms with E-state index in [0.717, 1.165) is 19.1 Å². The van der Waals surface area contributed by atoms with Crippen LogP contribution in [0.15, 0.2) is 0 Å². The summed E-state index contributed by atoms with van der Waals surface area (Å²) < 4.78 is 0. The summed E-state index contributed by atoms with van der Waals surface area (Å²) >= 11 is 0. The van der Waals surface area contributed by atoms with Crippen molar-refractivity contribution in [2.45, 2.75) is 79.1 Å². The van der Waals surface area contributed by atoms with Crippen molar-refractivity contribution >= 4 is 18.2 Å². The molecule has 0 unspecified atom stereocenters. The SMILES string of the molecule is CC(C)C=O.CCC(=O)O.CCCCCCCCC(=O)O. The number of hydrogen-bond donors (Lipinski definition) is 2. The van der Waals surface area contributed by atoms with Crippen LogP contribution in [0.25, 0.3) is 0 Å². The molecule has 0 aliphatic rings. The molecule has 126 valence electrons. The highest BCUT2D eigenvalue weighted by molar-refractivity contribution is 5.66. The van der Waals surface area contributed by atoms with Gasteiger partial charge in [-0.2, -0.15) is 0 Å². The third kappa shape index (κ3) is 45.6. The summed E-state index contributed by atoms with van der Waals surface area (Å²) in [6, 6.07) is 0. The summed E-state index contributed by atoms with van der Waals surface area (Å²) in [6.45, 7) is 7.49. The Morgan fingerprint density at radius 1 is 0.905 bits per heavy atom. The number of carbonyl (C=O) groups excluding carboxylic acids is 1. The largest absolute Gasteiger partial charge is 0.481 e. The van der Waals surface area contributed by atoms with Crippen LogP contribution in [-0.4, -0.2) is 28.4 Å². The van der Waals surface area contributed by atoms with Crippen LogP contribution in [0.2, 0.25) is 0 Å². The van der Waals surface area contributed by atoms with Crippen molar-refractivity contribution in [3.8, 4) is 0 Å². The summed E-state index contributed by atoms with van der Waals surface area (Å²) in [7, 11) is 0. The Morgan fingerprint density at radius 3 is 1.57 bits per heavy atom. The lowest BCUT2D eigenvalue weighted by Gasteiger charge is -1.97. The molecule has 0 fully saturated rings. The van der Waals surface area contributed by atoms with E-state index in [1.807, 2.05) is 13.8 Å². The molecule has 0 aromatic carbocycles. The minimum absolute atomic E-state index is 0.204. The van der Waals surface area contributed by atoms with Gasteiger partial charge in [0.15, 0.2) is 0 Å². The Morgan fingerprint density at radius 2 is 1.29 bits per heavy atom. The molecule has 5 heteroatoms. The number of carbonyl (C=O) groups is 3. The lowest BCUT2D eigenvalue weighted by molar-refractivity contribution is -0.137. The van der Waals surface area contributed by atoms with Gasteiger partial charge in [0.1, 0.15) is 6.29 Å². The van der Waals surface area contributed by atoms with Crippen molar-refractivity contribution in [3.63, 3.8) is 0 Å². The first kappa shape index (κ1) is 24.6. The number of carboxylic acids is 2. The molecule has 0 saturated heterocycles. The summed E-state index contributed by atoms with van der Waals surface area (Å²) in [5.41, 5.74) is 0. The maximum absolute atomic E-state index is 10.1. The van der Waals surface area contributed by atoms with Gasteiger partial charge in [-0.1, -0.05) is 59.8 Å². The first-order valence-corrected chi connectivity index (χ1v) is 7.70. The highest BCUT2D eigenvalue weighted by Crippen LogP contribution is 2.06. The highest BCUT2D eigenvalue weighted by atomic mass is 16.4. The minimum atomic E-state index is -0.745. The molecule has 0 spiro atoms. The normalized spacial score (nSPS) is 9.00. The summed E-state index contributed by atoms with van der Waals surface area (Å²) in [4.78, 5) is 29.0. The molecule has 0 aromatic rings. The molecule has 0 saturated carbocycles. The van der Waals surface area contributed by atoms with Gasteiger partial charge >= 0.3 is 11.9 Å². The molecule has 0 rings (SSSR count). The average Bonchev–Trinajstić information content (AvgIpc) is 2.43. The molecule has 0 aliphatic carbocycles.